The lowest BCUT2D eigenvalue weighted by molar-refractivity contribution is -0.143. The van der Waals surface area contributed by atoms with E-state index in [9.17, 15) is 14.4 Å². The van der Waals surface area contributed by atoms with Crippen LogP contribution in [-0.4, -0.2) is 134 Å². The first kappa shape index (κ1) is 39.2. The molecular formula is C40H58N10O4. The highest BCUT2D eigenvalue weighted by Gasteiger charge is 2.42. The van der Waals surface area contributed by atoms with Crippen LogP contribution < -0.4 is 30.9 Å². The van der Waals surface area contributed by atoms with Crippen molar-refractivity contribution in [1.82, 2.24) is 35.3 Å². The van der Waals surface area contributed by atoms with Crippen molar-refractivity contribution in [3.8, 4) is 5.75 Å². The zero-order valence-corrected chi connectivity index (χ0v) is 32.9. The van der Waals surface area contributed by atoms with Crippen molar-refractivity contribution in [2.24, 2.45) is 5.41 Å². The molecule has 6 rings (SSSR count). The second kappa shape index (κ2) is 16.9. The molecule has 3 aromatic rings. The van der Waals surface area contributed by atoms with Crippen molar-refractivity contribution in [2.45, 2.75) is 77.5 Å². The third-order valence-electron chi connectivity index (χ3n) is 11.3. The molecule has 3 aliphatic heterocycles. The van der Waals surface area contributed by atoms with E-state index in [1.54, 1.807) is 32.0 Å². The predicted molar refractivity (Wildman–Crippen MR) is 213 cm³/mol. The summed E-state index contributed by atoms with van der Waals surface area (Å²) in [5, 5.41) is 13.0. The van der Waals surface area contributed by atoms with Crippen LogP contribution in [0.15, 0.2) is 42.7 Å². The summed E-state index contributed by atoms with van der Waals surface area (Å²) < 4.78 is 5.69. The number of ether oxygens (including phenoxy) is 1. The molecular weight excluding hydrogens is 685 g/mol. The molecule has 1 aromatic heterocycles. The number of fused-ring (bicyclic) bond motifs is 1. The number of benzene rings is 2. The molecule has 0 aliphatic carbocycles. The van der Waals surface area contributed by atoms with Gasteiger partial charge in [0, 0.05) is 61.6 Å². The summed E-state index contributed by atoms with van der Waals surface area (Å²) in [6.07, 6.45) is 5.19. The summed E-state index contributed by atoms with van der Waals surface area (Å²) in [5.74, 6) is 0.164. The molecule has 3 fully saturated rings. The van der Waals surface area contributed by atoms with Crippen LogP contribution >= 0.6 is 0 Å². The zero-order chi connectivity index (χ0) is 38.6. The van der Waals surface area contributed by atoms with E-state index in [1.165, 1.54) is 37.9 Å². The van der Waals surface area contributed by atoms with Gasteiger partial charge < -0.3 is 40.7 Å². The van der Waals surface area contributed by atoms with Crippen molar-refractivity contribution in [2.75, 3.05) is 82.6 Å². The standard InChI is InChI=1S/C40H58N10O4/c1-26(41-5)37(51)46-35(40(2,3)4)39(53)50-16-8-9-33(50)38(52)45-32-23-30-31(24-34(32)54-7)42-25-43-36(30)44-27-10-12-28(13-11-27)48-19-21-49(22-20-48)29-14-17-47(6)18-15-29/h10-13,23-26,29,33,35,41H,8-9,14-22H2,1-7H3,(H,45,52)(H,46,51)(H,42,43,44). The maximum absolute atomic E-state index is 14.0. The minimum Gasteiger partial charge on any atom is -0.494 e. The van der Waals surface area contributed by atoms with Gasteiger partial charge in [0.25, 0.3) is 0 Å². The molecule has 0 radical (unpaired) electrons. The third-order valence-corrected chi connectivity index (χ3v) is 11.3. The van der Waals surface area contributed by atoms with Crippen molar-refractivity contribution in [1.29, 1.82) is 0 Å². The van der Waals surface area contributed by atoms with E-state index in [0.717, 1.165) is 31.9 Å². The lowest BCUT2D eigenvalue weighted by atomic mass is 9.85. The largest absolute Gasteiger partial charge is 0.494 e. The van der Waals surface area contributed by atoms with Gasteiger partial charge in [0.2, 0.25) is 17.7 Å². The molecule has 0 bridgehead atoms. The van der Waals surface area contributed by atoms with Crippen LogP contribution in [0.2, 0.25) is 0 Å². The second-order valence-corrected chi connectivity index (χ2v) is 16.0. The molecule has 3 atom stereocenters. The monoisotopic (exact) mass is 742 g/mol. The molecule has 3 saturated heterocycles. The third kappa shape index (κ3) is 8.88. The number of hydrogen-bond acceptors (Lipinski definition) is 11. The number of likely N-dealkylation sites (N-methyl/N-ethyl adjacent to an activating group) is 1. The first-order valence-corrected chi connectivity index (χ1v) is 19.3. The summed E-state index contributed by atoms with van der Waals surface area (Å²) in [4.78, 5) is 58.9. The van der Waals surface area contributed by atoms with Gasteiger partial charge in [-0.05, 0) is 95.5 Å². The lowest BCUT2D eigenvalue weighted by Crippen LogP contribution is -2.59. The normalized spacial score (nSPS) is 20.1. The van der Waals surface area contributed by atoms with Crippen LogP contribution in [-0.2, 0) is 14.4 Å². The Kier molecular flexibility index (Phi) is 12.2. The fourth-order valence-electron chi connectivity index (χ4n) is 7.78. The lowest BCUT2D eigenvalue weighted by Gasteiger charge is -2.42. The molecule has 3 unspecified atom stereocenters. The van der Waals surface area contributed by atoms with E-state index in [-0.39, 0.29) is 17.7 Å². The molecule has 2 aromatic carbocycles. The van der Waals surface area contributed by atoms with Gasteiger partial charge in [-0.1, -0.05) is 20.8 Å². The highest BCUT2D eigenvalue weighted by atomic mass is 16.5. The first-order valence-electron chi connectivity index (χ1n) is 19.3. The molecule has 3 aliphatic rings. The number of piperazine rings is 1. The topological polar surface area (TPSA) is 147 Å². The quantitative estimate of drug-likeness (QED) is 0.228. The number of anilines is 4. The number of nitrogens with one attached hydrogen (secondary N) is 4. The number of carbonyl (C=O) groups is 3. The Morgan fingerprint density at radius 3 is 2.28 bits per heavy atom. The highest BCUT2D eigenvalue weighted by molar-refractivity contribution is 6.03. The second-order valence-electron chi connectivity index (χ2n) is 16.0. The smallest absolute Gasteiger partial charge is 0.247 e. The predicted octanol–water partition coefficient (Wildman–Crippen LogP) is 3.67. The molecule has 0 saturated carbocycles. The Labute approximate surface area is 319 Å². The molecule has 292 valence electrons. The van der Waals surface area contributed by atoms with Crippen LogP contribution in [0.1, 0.15) is 53.4 Å². The fourth-order valence-corrected chi connectivity index (χ4v) is 7.78. The van der Waals surface area contributed by atoms with Crippen molar-refractivity contribution in [3.05, 3.63) is 42.7 Å². The van der Waals surface area contributed by atoms with Gasteiger partial charge >= 0.3 is 0 Å². The van der Waals surface area contributed by atoms with Gasteiger partial charge in [0.05, 0.1) is 24.4 Å². The van der Waals surface area contributed by atoms with Crippen LogP contribution in [0.5, 0.6) is 5.75 Å². The number of amides is 3. The number of nitrogens with zero attached hydrogens (tertiary/aromatic N) is 6. The van der Waals surface area contributed by atoms with Gasteiger partial charge in [-0.15, -0.1) is 0 Å². The summed E-state index contributed by atoms with van der Waals surface area (Å²) in [6, 6.07) is 10.7. The molecule has 4 heterocycles. The number of piperidine rings is 1. The Morgan fingerprint density at radius 2 is 1.63 bits per heavy atom. The summed E-state index contributed by atoms with van der Waals surface area (Å²) >= 11 is 0. The molecule has 3 amide bonds. The maximum Gasteiger partial charge on any atom is 0.247 e. The van der Waals surface area contributed by atoms with E-state index in [4.69, 9.17) is 4.74 Å². The molecule has 14 nitrogen and oxygen atoms in total. The fraction of sp³-hybridized carbons (Fsp3) is 0.575. The summed E-state index contributed by atoms with van der Waals surface area (Å²) in [6.45, 7) is 14.5. The van der Waals surface area contributed by atoms with Crippen LogP contribution in [0.25, 0.3) is 10.9 Å². The van der Waals surface area contributed by atoms with Gasteiger partial charge in [-0.25, -0.2) is 9.97 Å². The van der Waals surface area contributed by atoms with Crippen molar-refractivity contribution in [3.63, 3.8) is 0 Å². The van der Waals surface area contributed by atoms with Gasteiger partial charge in [-0.2, -0.15) is 0 Å². The highest BCUT2D eigenvalue weighted by Crippen LogP contribution is 2.35. The minimum absolute atomic E-state index is 0.272. The molecule has 0 spiro atoms. The Hall–Kier alpha value is -4.53. The number of carbonyl (C=O) groups excluding carboxylic acids is 3. The van der Waals surface area contributed by atoms with E-state index in [2.05, 4.69) is 77.2 Å². The van der Waals surface area contributed by atoms with E-state index in [0.29, 0.717) is 53.6 Å². The minimum atomic E-state index is -0.802. The average Bonchev–Trinajstić information content (AvgIpc) is 3.67. The van der Waals surface area contributed by atoms with Gasteiger partial charge in [0.1, 0.15) is 30.0 Å². The van der Waals surface area contributed by atoms with Crippen molar-refractivity contribution < 1.29 is 19.1 Å². The Balaban J connectivity index is 1.14. The SMILES string of the molecule is CNC(C)C(=O)NC(C(=O)N1CCCC1C(=O)Nc1cc2c(Nc3ccc(N4CCN(C5CCN(C)CC5)CC4)cc3)ncnc2cc1OC)C(C)(C)C. The Morgan fingerprint density at radius 1 is 0.926 bits per heavy atom. The number of methoxy groups -OCH3 is 1. The first-order chi connectivity index (χ1) is 25.9. The number of likely N-dealkylation sites (tertiary alicyclic amines) is 2. The summed E-state index contributed by atoms with van der Waals surface area (Å²) in [7, 11) is 5.45. The van der Waals surface area contributed by atoms with E-state index in [1.807, 2.05) is 26.8 Å². The average molecular weight is 743 g/mol. The number of hydrogen-bond donors (Lipinski definition) is 4. The van der Waals surface area contributed by atoms with E-state index < -0.39 is 23.5 Å². The van der Waals surface area contributed by atoms with Crippen molar-refractivity contribution >= 4 is 51.5 Å². The molecule has 14 heteroatoms. The number of aromatic nitrogens is 2. The van der Waals surface area contributed by atoms with Crippen LogP contribution in [0.3, 0.4) is 0 Å². The van der Waals surface area contributed by atoms with Gasteiger partial charge in [0.15, 0.2) is 0 Å². The Bertz CT molecular complexity index is 1780. The van der Waals surface area contributed by atoms with Crippen LogP contribution in [0, 0.1) is 5.41 Å². The summed E-state index contributed by atoms with van der Waals surface area (Å²) in [5.41, 5.74) is 2.62. The van der Waals surface area contributed by atoms with Gasteiger partial charge in [-0.3, -0.25) is 19.3 Å². The molecule has 54 heavy (non-hydrogen) atoms. The zero-order valence-electron chi connectivity index (χ0n) is 32.9. The van der Waals surface area contributed by atoms with Crippen LogP contribution in [0.4, 0.5) is 22.9 Å². The molecule has 4 N–H and O–H groups in total. The number of rotatable bonds is 11. The van der Waals surface area contributed by atoms with E-state index >= 15 is 0 Å². The maximum atomic E-state index is 14.0.